The van der Waals surface area contributed by atoms with Crippen molar-refractivity contribution in [1.29, 1.82) is 0 Å². The Morgan fingerprint density at radius 3 is 2.58 bits per heavy atom. The van der Waals surface area contributed by atoms with E-state index in [1.165, 1.54) is 11.9 Å². The minimum absolute atomic E-state index is 0.131. The lowest BCUT2D eigenvalue weighted by molar-refractivity contribution is -0.110. The Balaban J connectivity index is 2.38. The third kappa shape index (κ3) is 1.28. The van der Waals surface area contributed by atoms with Crippen LogP contribution in [-0.2, 0) is 4.79 Å². The van der Waals surface area contributed by atoms with E-state index in [-0.39, 0.29) is 5.78 Å². The van der Waals surface area contributed by atoms with Crippen LogP contribution < -0.4 is 0 Å². The van der Waals surface area contributed by atoms with Crippen LogP contribution in [0.3, 0.4) is 0 Å². The largest absolute Gasteiger partial charge is 0.291 e. The van der Waals surface area contributed by atoms with Gasteiger partial charge in [0.2, 0.25) is 0 Å². The third-order valence-corrected chi connectivity index (χ3v) is 2.37. The van der Waals surface area contributed by atoms with Crippen molar-refractivity contribution >= 4 is 23.4 Å². The Labute approximate surface area is 74.8 Å². The zero-order valence-corrected chi connectivity index (χ0v) is 7.17. The van der Waals surface area contributed by atoms with Gasteiger partial charge in [-0.05, 0) is 11.9 Å². The van der Waals surface area contributed by atoms with Crippen LogP contribution in [0, 0.1) is 0 Å². The number of carbonyl (C=O) groups excluding carboxylic acids is 1. The van der Waals surface area contributed by atoms with Crippen molar-refractivity contribution in [3.8, 4) is 0 Å². The number of rotatable bonds is 1. The normalized spacial score (nSPS) is 16.3. The van der Waals surface area contributed by atoms with Crippen molar-refractivity contribution in [2.75, 3.05) is 5.75 Å². The van der Waals surface area contributed by atoms with Crippen LogP contribution in [0.25, 0.3) is 0 Å². The maximum Gasteiger partial charge on any atom is 0.194 e. The zero-order chi connectivity index (χ0) is 8.39. The van der Waals surface area contributed by atoms with E-state index in [2.05, 4.69) is 4.40 Å². The van der Waals surface area contributed by atoms with Gasteiger partial charge in [-0.3, -0.25) is 4.79 Å². The zero-order valence-electron chi connectivity index (χ0n) is 6.36. The molecule has 1 aliphatic heterocycles. The molecular formula is C9H7NOS. The van der Waals surface area contributed by atoms with E-state index < -0.39 is 0 Å². The predicted molar refractivity (Wildman–Crippen MR) is 50.4 cm³/mol. The van der Waals surface area contributed by atoms with Gasteiger partial charge in [0.1, 0.15) is 5.71 Å². The minimum atomic E-state index is 0.131. The number of hydrogen-bond acceptors (Lipinski definition) is 3. The molecule has 0 aliphatic carbocycles. The molecule has 0 radical (unpaired) electrons. The topological polar surface area (TPSA) is 29.4 Å². The summed E-state index contributed by atoms with van der Waals surface area (Å²) in [6, 6.07) is 9.56. The summed E-state index contributed by atoms with van der Waals surface area (Å²) >= 11 is 1.32. The highest BCUT2D eigenvalue weighted by atomic mass is 32.2. The molecule has 0 unspecified atom stereocenters. The summed E-state index contributed by atoms with van der Waals surface area (Å²) in [4.78, 5) is 11.2. The van der Waals surface area contributed by atoms with Gasteiger partial charge in [-0.1, -0.05) is 30.3 Å². The van der Waals surface area contributed by atoms with Crippen molar-refractivity contribution in [3.63, 3.8) is 0 Å². The van der Waals surface area contributed by atoms with E-state index >= 15 is 0 Å². The van der Waals surface area contributed by atoms with Gasteiger partial charge in [0.25, 0.3) is 0 Å². The summed E-state index contributed by atoms with van der Waals surface area (Å²) in [5.41, 5.74) is 1.54. The fourth-order valence-electron chi connectivity index (χ4n) is 1.08. The average molecular weight is 177 g/mol. The molecule has 3 heteroatoms. The van der Waals surface area contributed by atoms with Gasteiger partial charge in [0, 0.05) is 5.56 Å². The fraction of sp³-hybridized carbons (Fsp3) is 0.111. The standard InChI is InChI=1S/C9H7NOS/c11-8-6-12-10-9(8)7-4-2-1-3-5-7/h1-5H,6H2. The third-order valence-electron chi connectivity index (χ3n) is 1.66. The lowest BCUT2D eigenvalue weighted by Crippen LogP contribution is -2.11. The molecule has 1 heterocycles. The maximum absolute atomic E-state index is 11.2. The van der Waals surface area contributed by atoms with Crippen LogP contribution in [-0.4, -0.2) is 17.2 Å². The molecule has 60 valence electrons. The molecule has 0 spiro atoms. The number of benzene rings is 1. The van der Waals surface area contributed by atoms with Crippen LogP contribution in [0.4, 0.5) is 0 Å². The molecule has 2 nitrogen and oxygen atoms in total. The van der Waals surface area contributed by atoms with E-state index in [9.17, 15) is 4.79 Å². The molecule has 0 bridgehead atoms. The van der Waals surface area contributed by atoms with E-state index in [1.807, 2.05) is 30.3 Å². The molecule has 1 aromatic carbocycles. The molecule has 0 amide bonds. The summed E-state index contributed by atoms with van der Waals surface area (Å²) in [5.74, 6) is 0.621. The number of hydrogen-bond donors (Lipinski definition) is 0. The van der Waals surface area contributed by atoms with Crippen LogP contribution in [0.2, 0.25) is 0 Å². The molecule has 0 N–H and O–H groups in total. The Kier molecular flexibility index (Phi) is 1.96. The van der Waals surface area contributed by atoms with E-state index in [0.717, 1.165) is 5.56 Å². The molecule has 12 heavy (non-hydrogen) atoms. The van der Waals surface area contributed by atoms with Gasteiger partial charge in [-0.2, -0.15) is 0 Å². The number of ketones is 1. The lowest BCUT2D eigenvalue weighted by atomic mass is 10.1. The highest BCUT2D eigenvalue weighted by Crippen LogP contribution is 2.16. The quantitative estimate of drug-likeness (QED) is 0.611. The van der Waals surface area contributed by atoms with Crippen molar-refractivity contribution in [1.82, 2.24) is 0 Å². The number of Topliss-reactive ketones (excluding diaryl/α,β-unsaturated/α-hetero) is 1. The first-order chi connectivity index (χ1) is 5.88. The van der Waals surface area contributed by atoms with Gasteiger partial charge >= 0.3 is 0 Å². The Morgan fingerprint density at radius 2 is 2.00 bits per heavy atom. The minimum Gasteiger partial charge on any atom is -0.291 e. The molecule has 0 saturated heterocycles. The van der Waals surface area contributed by atoms with Crippen LogP contribution in [0.1, 0.15) is 5.56 Å². The second-order valence-corrected chi connectivity index (χ2v) is 3.23. The summed E-state index contributed by atoms with van der Waals surface area (Å²) in [5, 5.41) is 0. The summed E-state index contributed by atoms with van der Waals surface area (Å²) in [7, 11) is 0. The Morgan fingerprint density at radius 1 is 1.25 bits per heavy atom. The van der Waals surface area contributed by atoms with Gasteiger partial charge in [0.05, 0.1) is 5.75 Å². The molecule has 1 aromatic rings. The lowest BCUT2D eigenvalue weighted by Gasteiger charge is -1.95. The van der Waals surface area contributed by atoms with Crippen LogP contribution >= 0.6 is 11.9 Å². The van der Waals surface area contributed by atoms with E-state index in [0.29, 0.717) is 11.5 Å². The molecule has 1 aliphatic rings. The average Bonchev–Trinajstić information content (AvgIpc) is 2.53. The SMILES string of the molecule is O=C1CSN=C1c1ccccc1. The Hall–Kier alpha value is -1.09. The van der Waals surface area contributed by atoms with Crippen molar-refractivity contribution in [2.24, 2.45) is 4.40 Å². The molecule has 0 saturated carbocycles. The molecule has 0 aromatic heterocycles. The number of nitrogens with zero attached hydrogens (tertiary/aromatic N) is 1. The summed E-state index contributed by atoms with van der Waals surface area (Å²) < 4.78 is 4.07. The molecule has 2 rings (SSSR count). The van der Waals surface area contributed by atoms with Gasteiger partial charge in [-0.15, -0.1) is 0 Å². The number of carbonyl (C=O) groups is 1. The maximum atomic E-state index is 11.2. The molecular weight excluding hydrogens is 170 g/mol. The highest BCUT2D eigenvalue weighted by Gasteiger charge is 2.18. The van der Waals surface area contributed by atoms with Crippen molar-refractivity contribution in [2.45, 2.75) is 0 Å². The van der Waals surface area contributed by atoms with E-state index in [4.69, 9.17) is 0 Å². The van der Waals surface area contributed by atoms with Crippen LogP contribution in [0.15, 0.2) is 34.7 Å². The molecule has 0 fully saturated rings. The molecule has 0 atom stereocenters. The predicted octanol–water partition coefficient (Wildman–Crippen LogP) is 1.71. The monoisotopic (exact) mass is 177 g/mol. The highest BCUT2D eigenvalue weighted by molar-refractivity contribution is 7.99. The summed E-state index contributed by atoms with van der Waals surface area (Å²) in [6.07, 6.45) is 0. The first-order valence-corrected chi connectivity index (χ1v) is 4.61. The van der Waals surface area contributed by atoms with Gasteiger partial charge in [0.15, 0.2) is 5.78 Å². The fourth-order valence-corrected chi connectivity index (χ4v) is 1.74. The van der Waals surface area contributed by atoms with E-state index in [1.54, 1.807) is 0 Å². The summed E-state index contributed by atoms with van der Waals surface area (Å²) in [6.45, 7) is 0. The van der Waals surface area contributed by atoms with Gasteiger partial charge in [-0.25, -0.2) is 4.40 Å². The van der Waals surface area contributed by atoms with Crippen molar-refractivity contribution < 1.29 is 4.79 Å². The van der Waals surface area contributed by atoms with Crippen molar-refractivity contribution in [3.05, 3.63) is 35.9 Å². The van der Waals surface area contributed by atoms with Gasteiger partial charge < -0.3 is 0 Å². The van der Waals surface area contributed by atoms with Crippen LogP contribution in [0.5, 0.6) is 0 Å². The first-order valence-electron chi connectivity index (χ1n) is 3.66. The Bertz CT molecular complexity index is 332. The smallest absolute Gasteiger partial charge is 0.194 e. The second-order valence-electron chi connectivity index (χ2n) is 2.50. The first kappa shape index (κ1) is 7.55. The second kappa shape index (κ2) is 3.11.